The molecular weight excluding hydrogens is 500 g/mol. The van der Waals surface area contributed by atoms with Crippen LogP contribution in [0.15, 0.2) is 41.2 Å². The number of hydrogen-bond donors (Lipinski definition) is 1. The van der Waals surface area contributed by atoms with E-state index in [1.165, 1.54) is 18.2 Å². The van der Waals surface area contributed by atoms with Crippen molar-refractivity contribution in [2.24, 2.45) is 10.4 Å². The number of hydrogen-bond acceptors (Lipinski definition) is 5. The number of amides is 1. The molecule has 0 radical (unpaired) electrons. The molecule has 214 valence electrons. The third kappa shape index (κ3) is 6.55. The third-order valence-electron chi connectivity index (χ3n) is 9.33. The van der Waals surface area contributed by atoms with Crippen molar-refractivity contribution < 1.29 is 14.3 Å². The number of anilines is 1. The van der Waals surface area contributed by atoms with Crippen molar-refractivity contribution in [3.05, 3.63) is 58.7 Å². The number of carbonyl (C=O) groups is 2. The number of esters is 1. The molecule has 7 nitrogen and oxygen atoms in total. The van der Waals surface area contributed by atoms with Gasteiger partial charge in [0.2, 0.25) is 0 Å². The topological polar surface area (TPSA) is 75.4 Å². The number of piperidine rings is 1. The molecule has 1 aromatic rings. The molecule has 2 aliphatic heterocycles. The summed E-state index contributed by atoms with van der Waals surface area (Å²) in [6, 6.07) is 7.35. The summed E-state index contributed by atoms with van der Waals surface area (Å²) >= 11 is 0. The zero-order valence-electron chi connectivity index (χ0n) is 25.0. The average molecular weight is 545 g/mol. The van der Waals surface area contributed by atoms with Crippen molar-refractivity contribution in [2.75, 3.05) is 19.5 Å². The molecule has 40 heavy (non-hydrogen) atoms. The molecule has 1 fully saturated rings. The number of allylic oxidation sites excluding steroid dienone is 3. The monoisotopic (exact) mass is 544 g/mol. The Labute approximate surface area is 239 Å². The van der Waals surface area contributed by atoms with Gasteiger partial charge >= 0.3 is 5.97 Å². The van der Waals surface area contributed by atoms with E-state index in [2.05, 4.69) is 79.1 Å². The minimum Gasteiger partial charge on any atom is -0.469 e. The summed E-state index contributed by atoms with van der Waals surface area (Å²) in [7, 11) is 3.65. The molecule has 0 saturated carbocycles. The second kappa shape index (κ2) is 12.1. The fraction of sp³-hybridized carbons (Fsp3) is 0.576. The van der Waals surface area contributed by atoms with Crippen molar-refractivity contribution in [3.63, 3.8) is 0 Å². The molecule has 2 heterocycles. The van der Waals surface area contributed by atoms with Gasteiger partial charge in [-0.05, 0) is 99.9 Å². The fourth-order valence-electron chi connectivity index (χ4n) is 6.59. The molecule has 1 aromatic carbocycles. The van der Waals surface area contributed by atoms with E-state index in [0.717, 1.165) is 56.2 Å². The Kier molecular flexibility index (Phi) is 8.99. The minimum atomic E-state index is -0.255. The number of methoxy groups -OCH3 is 1. The highest BCUT2D eigenvalue weighted by Crippen LogP contribution is 2.47. The Morgan fingerprint density at radius 1 is 1.20 bits per heavy atom. The SMILES string of the molecule is [C-]#[N+]C1=CCC(C(=O)Nc2ccc(C3(CCCC(=O)OC)CC(C)N(C)C(C)C3)cc2C2=CCC(C)(C)CC2)=N1. The summed E-state index contributed by atoms with van der Waals surface area (Å²) in [4.78, 5) is 35.2. The number of rotatable bonds is 8. The number of carbonyl (C=O) groups excluding carboxylic acids is 2. The first-order valence-corrected chi connectivity index (χ1v) is 14.6. The van der Waals surface area contributed by atoms with Crippen LogP contribution in [-0.2, 0) is 19.7 Å². The molecular formula is C33H44N4O3. The maximum Gasteiger partial charge on any atom is 0.305 e. The zero-order chi connectivity index (χ0) is 29.1. The number of likely N-dealkylation sites (tertiary alicyclic amines) is 1. The number of aliphatic imine (C=N–C) groups is 1. The lowest BCUT2D eigenvalue weighted by atomic mass is 9.65. The lowest BCUT2D eigenvalue weighted by Gasteiger charge is -2.49. The quantitative estimate of drug-likeness (QED) is 0.285. The standard InChI is InChI=1S/C33H44N4O3/c1-22-20-33(21-23(2)37(22)6,16-8-9-30(38)40-7)25-10-11-27(36-31(39)28-12-13-29(34-5)35-28)26(19-25)24-14-17-32(3,4)18-15-24/h10-11,13-14,19,22-23H,8-9,12,15-18,20-21H2,1-4,6-7H3,(H,36,39). The fourth-order valence-corrected chi connectivity index (χ4v) is 6.59. The Balaban J connectivity index is 1.73. The summed E-state index contributed by atoms with van der Waals surface area (Å²) in [5.41, 5.74) is 4.97. The number of nitrogens with one attached hydrogen (secondary N) is 1. The highest BCUT2D eigenvalue weighted by Gasteiger charge is 2.42. The van der Waals surface area contributed by atoms with Gasteiger partial charge in [-0.15, -0.1) is 4.99 Å². The largest absolute Gasteiger partial charge is 0.469 e. The van der Waals surface area contributed by atoms with E-state index in [-0.39, 0.29) is 28.5 Å². The van der Waals surface area contributed by atoms with Gasteiger partial charge in [-0.25, -0.2) is 0 Å². The van der Waals surface area contributed by atoms with Gasteiger partial charge in [0.05, 0.1) is 7.11 Å². The Hall–Kier alpha value is -3.24. The van der Waals surface area contributed by atoms with E-state index in [1.54, 1.807) is 6.08 Å². The molecule has 7 heteroatoms. The summed E-state index contributed by atoms with van der Waals surface area (Å²) < 4.78 is 4.94. The summed E-state index contributed by atoms with van der Waals surface area (Å²) in [5, 5.41) is 3.13. The molecule has 0 bridgehead atoms. The van der Waals surface area contributed by atoms with Crippen LogP contribution in [0.1, 0.15) is 96.6 Å². The first kappa shape index (κ1) is 29.7. The second-order valence-electron chi connectivity index (χ2n) is 12.7. The molecule has 1 amide bonds. The Bertz CT molecular complexity index is 1270. The zero-order valence-corrected chi connectivity index (χ0v) is 25.0. The van der Waals surface area contributed by atoms with Crippen molar-refractivity contribution in [3.8, 4) is 0 Å². The van der Waals surface area contributed by atoms with Crippen LogP contribution in [0.2, 0.25) is 0 Å². The molecule has 2 atom stereocenters. The van der Waals surface area contributed by atoms with Crippen molar-refractivity contribution >= 4 is 28.8 Å². The molecule has 1 N–H and O–H groups in total. The van der Waals surface area contributed by atoms with E-state index in [9.17, 15) is 9.59 Å². The lowest BCUT2D eigenvalue weighted by molar-refractivity contribution is -0.140. The second-order valence-corrected chi connectivity index (χ2v) is 12.7. The van der Waals surface area contributed by atoms with Crippen molar-refractivity contribution in [2.45, 2.75) is 103 Å². The van der Waals surface area contributed by atoms with Gasteiger partial charge in [-0.1, -0.05) is 38.6 Å². The number of ether oxygens (including phenoxy) is 1. The Morgan fingerprint density at radius 2 is 1.93 bits per heavy atom. The molecule has 0 aromatic heterocycles. The van der Waals surface area contributed by atoms with E-state index < -0.39 is 0 Å². The molecule has 2 unspecified atom stereocenters. The van der Waals surface area contributed by atoms with Gasteiger partial charge in [0, 0.05) is 36.2 Å². The first-order valence-electron chi connectivity index (χ1n) is 14.6. The van der Waals surface area contributed by atoms with E-state index in [1.807, 2.05) is 0 Å². The van der Waals surface area contributed by atoms with Gasteiger partial charge in [0.15, 0.2) is 5.71 Å². The maximum atomic E-state index is 13.2. The normalized spacial score (nSPS) is 26.3. The predicted octanol–water partition coefficient (Wildman–Crippen LogP) is 6.91. The van der Waals surface area contributed by atoms with Crippen LogP contribution >= 0.6 is 0 Å². The van der Waals surface area contributed by atoms with Crippen molar-refractivity contribution in [1.82, 2.24) is 4.90 Å². The summed E-state index contributed by atoms with van der Waals surface area (Å²) in [6.45, 7) is 16.4. The maximum absolute atomic E-state index is 13.2. The predicted molar refractivity (Wildman–Crippen MR) is 161 cm³/mol. The van der Waals surface area contributed by atoms with E-state index in [4.69, 9.17) is 11.3 Å². The van der Waals surface area contributed by atoms with Gasteiger partial charge < -0.3 is 19.8 Å². The van der Waals surface area contributed by atoms with E-state index in [0.29, 0.717) is 30.6 Å². The molecule has 1 aliphatic carbocycles. The van der Waals surface area contributed by atoms with Gasteiger partial charge in [0.25, 0.3) is 11.7 Å². The van der Waals surface area contributed by atoms with Gasteiger partial charge in [-0.2, -0.15) is 0 Å². The highest BCUT2D eigenvalue weighted by molar-refractivity contribution is 6.44. The summed E-state index contributed by atoms with van der Waals surface area (Å²) in [5.74, 6) is -0.143. The molecule has 3 aliphatic rings. The van der Waals surface area contributed by atoms with Gasteiger partial charge in [-0.3, -0.25) is 9.59 Å². The van der Waals surface area contributed by atoms with Crippen molar-refractivity contribution in [1.29, 1.82) is 0 Å². The molecule has 1 saturated heterocycles. The van der Waals surface area contributed by atoms with Crippen LogP contribution < -0.4 is 5.32 Å². The third-order valence-corrected chi connectivity index (χ3v) is 9.33. The number of benzene rings is 1. The van der Waals surface area contributed by atoms with Crippen LogP contribution in [0, 0.1) is 12.0 Å². The van der Waals surface area contributed by atoms with Crippen LogP contribution in [0.5, 0.6) is 0 Å². The lowest BCUT2D eigenvalue weighted by Crippen LogP contribution is -2.50. The minimum absolute atomic E-state index is 0.0743. The Morgan fingerprint density at radius 3 is 2.52 bits per heavy atom. The van der Waals surface area contributed by atoms with Crippen LogP contribution in [-0.4, -0.2) is 48.7 Å². The van der Waals surface area contributed by atoms with Crippen LogP contribution in [0.25, 0.3) is 10.4 Å². The molecule has 0 spiro atoms. The highest BCUT2D eigenvalue weighted by atomic mass is 16.5. The average Bonchev–Trinajstić information content (AvgIpc) is 3.41. The smallest absolute Gasteiger partial charge is 0.305 e. The molecule has 4 rings (SSSR count). The van der Waals surface area contributed by atoms with Crippen LogP contribution in [0.3, 0.4) is 0 Å². The van der Waals surface area contributed by atoms with E-state index >= 15 is 0 Å². The van der Waals surface area contributed by atoms with Gasteiger partial charge in [0.1, 0.15) is 0 Å². The first-order chi connectivity index (χ1) is 19.0. The summed E-state index contributed by atoms with van der Waals surface area (Å²) in [6.07, 6.45) is 11.6. The number of nitrogens with zero attached hydrogens (tertiary/aromatic N) is 3. The van der Waals surface area contributed by atoms with Crippen LogP contribution in [0.4, 0.5) is 5.69 Å².